The highest BCUT2D eigenvalue weighted by atomic mass is 32.2. The van der Waals surface area contributed by atoms with Gasteiger partial charge in [-0.1, -0.05) is 23.9 Å². The summed E-state index contributed by atoms with van der Waals surface area (Å²) in [4.78, 5) is 22.4. The zero-order valence-corrected chi connectivity index (χ0v) is 18.2. The number of nitrogens with zero attached hydrogens (tertiary/aromatic N) is 3. The van der Waals surface area contributed by atoms with Crippen molar-refractivity contribution in [2.75, 3.05) is 7.11 Å². The molecule has 0 atom stereocenters. The maximum atomic E-state index is 13.0. The first-order chi connectivity index (χ1) is 14.5. The number of hydrogen-bond donors (Lipinski definition) is 0. The maximum Gasteiger partial charge on any atom is 0.262 e. The van der Waals surface area contributed by atoms with Gasteiger partial charge in [-0.05, 0) is 57.2 Å². The normalized spacial score (nSPS) is 11.4. The maximum absolute atomic E-state index is 13.0. The minimum Gasteiger partial charge on any atom is -0.497 e. The first-order valence-electron chi connectivity index (χ1n) is 9.72. The van der Waals surface area contributed by atoms with Gasteiger partial charge in [0.15, 0.2) is 5.16 Å². The number of para-hydroxylation sites is 1. The van der Waals surface area contributed by atoms with E-state index in [1.54, 1.807) is 11.7 Å². The van der Waals surface area contributed by atoms with Crippen molar-refractivity contribution in [1.29, 1.82) is 0 Å². The molecule has 0 aliphatic rings. The predicted octanol–water partition coefficient (Wildman–Crippen LogP) is 5.24. The number of aryl methyl sites for hydroxylation is 1. The summed E-state index contributed by atoms with van der Waals surface area (Å²) in [5.74, 6) is 2.67. The van der Waals surface area contributed by atoms with Crippen LogP contribution in [0.2, 0.25) is 0 Å². The Morgan fingerprint density at radius 2 is 1.83 bits per heavy atom. The molecule has 6 nitrogen and oxygen atoms in total. The molecule has 0 radical (unpaired) electrons. The Hall–Kier alpha value is -3.06. The van der Waals surface area contributed by atoms with Gasteiger partial charge in [-0.25, -0.2) is 9.97 Å². The van der Waals surface area contributed by atoms with Crippen molar-refractivity contribution in [1.82, 2.24) is 14.5 Å². The number of benzene rings is 2. The molecular formula is C23H23N3O3S. The van der Waals surface area contributed by atoms with Crippen LogP contribution < -0.4 is 10.3 Å². The summed E-state index contributed by atoms with van der Waals surface area (Å²) in [5, 5.41) is 1.32. The van der Waals surface area contributed by atoms with Crippen molar-refractivity contribution in [2.45, 2.75) is 37.7 Å². The molecule has 0 amide bonds. The van der Waals surface area contributed by atoms with E-state index in [9.17, 15) is 4.79 Å². The Labute approximate surface area is 178 Å². The number of ether oxygens (including phenoxy) is 1. The van der Waals surface area contributed by atoms with Gasteiger partial charge in [-0.15, -0.1) is 0 Å². The van der Waals surface area contributed by atoms with Crippen molar-refractivity contribution in [3.8, 4) is 17.2 Å². The average Bonchev–Trinajstić information content (AvgIpc) is 3.12. The molecule has 4 rings (SSSR count). The van der Waals surface area contributed by atoms with E-state index in [2.05, 4.69) is 4.98 Å². The quantitative estimate of drug-likeness (QED) is 0.313. The highest BCUT2D eigenvalue weighted by molar-refractivity contribution is 7.98. The molecule has 4 aromatic rings. The van der Waals surface area contributed by atoms with Gasteiger partial charge < -0.3 is 9.15 Å². The molecule has 0 saturated heterocycles. The van der Waals surface area contributed by atoms with Crippen molar-refractivity contribution in [3.63, 3.8) is 0 Å². The van der Waals surface area contributed by atoms with Crippen molar-refractivity contribution >= 4 is 22.7 Å². The Bertz CT molecular complexity index is 1240. The van der Waals surface area contributed by atoms with Crippen molar-refractivity contribution in [2.24, 2.45) is 0 Å². The Kier molecular flexibility index (Phi) is 5.63. The van der Waals surface area contributed by atoms with Crippen LogP contribution in [0.4, 0.5) is 0 Å². The third-order valence-electron chi connectivity index (χ3n) is 4.86. The monoisotopic (exact) mass is 421 g/mol. The van der Waals surface area contributed by atoms with Gasteiger partial charge in [0.05, 0.1) is 23.7 Å². The summed E-state index contributed by atoms with van der Waals surface area (Å²) < 4.78 is 12.8. The largest absolute Gasteiger partial charge is 0.497 e. The minimum absolute atomic E-state index is 0.00497. The molecule has 2 aromatic carbocycles. The Morgan fingerprint density at radius 3 is 2.53 bits per heavy atom. The fourth-order valence-corrected chi connectivity index (χ4v) is 4.36. The van der Waals surface area contributed by atoms with Gasteiger partial charge >= 0.3 is 0 Å². The van der Waals surface area contributed by atoms with Gasteiger partial charge in [0, 0.05) is 17.4 Å². The van der Waals surface area contributed by atoms with E-state index in [1.807, 2.05) is 69.3 Å². The lowest BCUT2D eigenvalue weighted by Crippen LogP contribution is -2.25. The molecule has 2 aromatic heterocycles. The molecule has 0 spiro atoms. The molecule has 0 N–H and O–H groups in total. The summed E-state index contributed by atoms with van der Waals surface area (Å²) in [6, 6.07) is 15.0. The third kappa shape index (κ3) is 3.85. The summed E-state index contributed by atoms with van der Waals surface area (Å²) in [5.41, 5.74) is 2.41. The number of rotatable bonds is 6. The molecule has 0 bridgehead atoms. The van der Waals surface area contributed by atoms with Gasteiger partial charge in [0.2, 0.25) is 5.89 Å². The Balaban J connectivity index is 1.63. The minimum atomic E-state index is -0.0195. The first-order valence-corrected chi connectivity index (χ1v) is 10.7. The molecule has 0 aliphatic heterocycles. The molecule has 0 unspecified atom stereocenters. The van der Waals surface area contributed by atoms with Crippen molar-refractivity contribution < 1.29 is 9.15 Å². The topological polar surface area (TPSA) is 70.2 Å². The van der Waals surface area contributed by atoms with Crippen LogP contribution in [-0.2, 0) is 5.75 Å². The zero-order chi connectivity index (χ0) is 21.3. The summed E-state index contributed by atoms with van der Waals surface area (Å²) in [6.07, 6.45) is 0. The summed E-state index contributed by atoms with van der Waals surface area (Å²) in [7, 11) is 1.64. The standard InChI is InChI=1S/C23H23N3O3S/c1-14(2)26-22(27)18-7-5-6-8-19(18)25-23(26)30-13-20-15(3)29-21(24-20)16-9-11-17(28-4)12-10-16/h5-12,14H,13H2,1-4H3. The van der Waals surface area contributed by atoms with E-state index < -0.39 is 0 Å². The lowest BCUT2D eigenvalue weighted by atomic mass is 10.2. The van der Waals surface area contributed by atoms with E-state index in [4.69, 9.17) is 14.1 Å². The van der Waals surface area contributed by atoms with Gasteiger partial charge in [0.1, 0.15) is 11.5 Å². The number of oxazole rings is 1. The number of methoxy groups -OCH3 is 1. The van der Waals surface area contributed by atoms with E-state index in [-0.39, 0.29) is 11.6 Å². The summed E-state index contributed by atoms with van der Waals surface area (Å²) in [6.45, 7) is 5.88. The molecule has 2 heterocycles. The van der Waals surface area contributed by atoms with Crippen LogP contribution in [0.3, 0.4) is 0 Å². The second-order valence-corrected chi connectivity index (χ2v) is 8.16. The SMILES string of the molecule is COc1ccc(-c2nc(CSc3nc4ccccc4c(=O)n3C(C)C)c(C)o2)cc1. The van der Waals surface area contributed by atoms with Crippen LogP contribution in [0.5, 0.6) is 5.75 Å². The first kappa shape index (κ1) is 20.2. The van der Waals surface area contributed by atoms with Crippen LogP contribution in [0, 0.1) is 6.92 Å². The summed E-state index contributed by atoms with van der Waals surface area (Å²) >= 11 is 1.50. The Morgan fingerprint density at radius 1 is 1.10 bits per heavy atom. The van der Waals surface area contributed by atoms with E-state index in [1.165, 1.54) is 11.8 Å². The number of thioether (sulfide) groups is 1. The lowest BCUT2D eigenvalue weighted by Gasteiger charge is -2.15. The smallest absolute Gasteiger partial charge is 0.262 e. The van der Waals surface area contributed by atoms with Gasteiger partial charge in [-0.2, -0.15) is 0 Å². The molecule has 0 aliphatic carbocycles. The second-order valence-electron chi connectivity index (χ2n) is 7.22. The molecule has 7 heteroatoms. The van der Waals surface area contributed by atoms with Crippen LogP contribution in [0.15, 0.2) is 62.9 Å². The van der Waals surface area contributed by atoms with E-state index in [0.717, 1.165) is 22.8 Å². The zero-order valence-electron chi connectivity index (χ0n) is 17.4. The predicted molar refractivity (Wildman–Crippen MR) is 119 cm³/mol. The van der Waals surface area contributed by atoms with Crippen LogP contribution >= 0.6 is 11.8 Å². The average molecular weight is 422 g/mol. The lowest BCUT2D eigenvalue weighted by molar-refractivity contribution is 0.415. The van der Waals surface area contributed by atoms with Gasteiger partial charge in [-0.3, -0.25) is 9.36 Å². The highest BCUT2D eigenvalue weighted by Crippen LogP contribution is 2.29. The van der Waals surface area contributed by atoms with Crippen LogP contribution in [0.25, 0.3) is 22.4 Å². The second kappa shape index (κ2) is 8.36. The fraction of sp³-hybridized carbons (Fsp3) is 0.261. The fourth-order valence-electron chi connectivity index (χ4n) is 3.23. The molecule has 0 saturated carbocycles. The highest BCUT2D eigenvalue weighted by Gasteiger charge is 2.17. The van der Waals surface area contributed by atoms with E-state index >= 15 is 0 Å². The number of fused-ring (bicyclic) bond motifs is 1. The molecule has 0 fully saturated rings. The molecule has 30 heavy (non-hydrogen) atoms. The third-order valence-corrected chi connectivity index (χ3v) is 5.82. The van der Waals surface area contributed by atoms with E-state index in [0.29, 0.717) is 27.7 Å². The molecule has 154 valence electrons. The van der Waals surface area contributed by atoms with Crippen LogP contribution in [-0.4, -0.2) is 21.6 Å². The van der Waals surface area contributed by atoms with Crippen LogP contribution in [0.1, 0.15) is 31.3 Å². The number of hydrogen-bond acceptors (Lipinski definition) is 6. The molecular weight excluding hydrogens is 398 g/mol. The number of aromatic nitrogens is 3. The van der Waals surface area contributed by atoms with Crippen molar-refractivity contribution in [3.05, 3.63) is 70.3 Å². The van der Waals surface area contributed by atoms with Gasteiger partial charge in [0.25, 0.3) is 5.56 Å².